The number of aromatic nitrogens is 3. The van der Waals surface area contributed by atoms with Crippen LogP contribution in [0.1, 0.15) is 15.3 Å². The van der Waals surface area contributed by atoms with E-state index in [9.17, 15) is 9.90 Å². The van der Waals surface area contributed by atoms with Gasteiger partial charge >= 0.3 is 24.8 Å². The smallest absolute Gasteiger partial charge is 1.00 e. The number of thioether (sulfide) groups is 1. The molecule has 0 aliphatic rings. The van der Waals surface area contributed by atoms with Crippen molar-refractivity contribution in [1.29, 1.82) is 0 Å². The van der Waals surface area contributed by atoms with Crippen LogP contribution in [-0.4, -0.2) is 30.6 Å². The first-order valence-electron chi connectivity index (χ1n) is 6.91. The van der Waals surface area contributed by atoms with E-state index < -0.39 is 10.7 Å². The maximum absolute atomic E-state index is 11.4. The molecule has 8 heteroatoms. The molecule has 5 nitrogen and oxygen atoms in total. The van der Waals surface area contributed by atoms with Crippen LogP contribution in [0.2, 0.25) is 0 Å². The van der Waals surface area contributed by atoms with Crippen molar-refractivity contribution in [1.82, 2.24) is 14.8 Å². The fraction of sp³-hybridized carbons (Fsp3) is 0.188. The average Bonchev–Trinajstić information content (AvgIpc) is 2.86. The van der Waals surface area contributed by atoms with Crippen molar-refractivity contribution in [2.75, 3.05) is 0 Å². The van der Waals surface area contributed by atoms with Gasteiger partial charge in [0, 0.05) is 5.39 Å². The maximum Gasteiger partial charge on any atom is 1.00 e. The van der Waals surface area contributed by atoms with E-state index in [1.165, 1.54) is 0 Å². The molecule has 0 aliphatic heterocycles. The van der Waals surface area contributed by atoms with E-state index in [1.54, 1.807) is 13.8 Å². The number of fused-ring (bicyclic) bond motifs is 1. The van der Waals surface area contributed by atoms with Crippen LogP contribution in [0.5, 0.6) is 0 Å². The largest absolute Gasteiger partial charge is 1.00 e. The summed E-state index contributed by atoms with van der Waals surface area (Å²) in [4.78, 5) is 11.4. The topological polar surface area (TPSA) is 68.0 Å². The quantitative estimate of drug-likeness (QED) is 0.528. The number of carboxylic acids is 1. The standard InChI is InChI=1S/C16H14BrN3O2S.Li.H/c1-16(2,13(21)22)23-15-19-18-14(17)20(15)12-9-5-7-10-6-3-4-8-11(10)12;;/h3-9H,1-2H3,(H,21,22);;/q;+1;-1. The first-order chi connectivity index (χ1) is 10.9. The van der Waals surface area contributed by atoms with Crippen LogP contribution in [0.4, 0.5) is 0 Å². The first kappa shape index (κ1) is 19.1. The number of hydrogen-bond acceptors (Lipinski definition) is 4. The van der Waals surface area contributed by atoms with Crippen LogP contribution < -0.4 is 18.9 Å². The molecule has 0 radical (unpaired) electrons. The Morgan fingerprint density at radius 3 is 2.58 bits per heavy atom. The zero-order valence-electron chi connectivity index (χ0n) is 14.5. The Hall–Kier alpha value is -1.26. The Morgan fingerprint density at radius 1 is 1.21 bits per heavy atom. The second-order valence-electron chi connectivity index (χ2n) is 5.50. The monoisotopic (exact) mass is 399 g/mol. The van der Waals surface area contributed by atoms with E-state index in [1.807, 2.05) is 47.0 Å². The van der Waals surface area contributed by atoms with Gasteiger partial charge in [-0.1, -0.05) is 48.2 Å². The molecule has 0 saturated heterocycles. The van der Waals surface area contributed by atoms with E-state index in [0.29, 0.717) is 9.89 Å². The van der Waals surface area contributed by atoms with Crippen molar-refractivity contribution in [3.8, 4) is 5.69 Å². The van der Waals surface area contributed by atoms with Crippen molar-refractivity contribution in [3.05, 3.63) is 47.2 Å². The number of halogens is 1. The molecule has 3 rings (SSSR count). The molecule has 1 heterocycles. The first-order valence-corrected chi connectivity index (χ1v) is 8.52. The van der Waals surface area contributed by atoms with Gasteiger partial charge in [-0.2, -0.15) is 0 Å². The fourth-order valence-corrected chi connectivity index (χ4v) is 3.65. The van der Waals surface area contributed by atoms with Crippen molar-refractivity contribution in [2.24, 2.45) is 0 Å². The van der Waals surface area contributed by atoms with Gasteiger partial charge in [0.25, 0.3) is 0 Å². The summed E-state index contributed by atoms with van der Waals surface area (Å²) in [6.07, 6.45) is 0. The number of aliphatic carboxylic acids is 1. The summed E-state index contributed by atoms with van der Waals surface area (Å²) in [5.41, 5.74) is 0.906. The average molecular weight is 400 g/mol. The molecule has 2 aromatic carbocycles. The van der Waals surface area contributed by atoms with Gasteiger partial charge in [-0.25, -0.2) is 0 Å². The summed E-state index contributed by atoms with van der Waals surface area (Å²) >= 11 is 4.58. The number of rotatable bonds is 4. The summed E-state index contributed by atoms with van der Waals surface area (Å²) < 4.78 is 1.37. The van der Waals surface area contributed by atoms with Crippen LogP contribution in [0.15, 0.2) is 52.4 Å². The molecule has 120 valence electrons. The summed E-state index contributed by atoms with van der Waals surface area (Å²) in [6, 6.07) is 14.0. The predicted octanol–water partition coefficient (Wildman–Crippen LogP) is 1.25. The Kier molecular flexibility index (Phi) is 5.81. The predicted molar refractivity (Wildman–Crippen MR) is 95.2 cm³/mol. The van der Waals surface area contributed by atoms with Crippen LogP contribution in [0.3, 0.4) is 0 Å². The number of benzene rings is 2. The molecule has 0 aliphatic carbocycles. The third-order valence-electron chi connectivity index (χ3n) is 3.46. The number of hydrogen-bond donors (Lipinski definition) is 1. The van der Waals surface area contributed by atoms with Crippen LogP contribution in [-0.2, 0) is 4.79 Å². The van der Waals surface area contributed by atoms with E-state index in [2.05, 4.69) is 26.1 Å². The molecule has 0 spiro atoms. The number of carbonyl (C=O) groups is 1. The minimum atomic E-state index is -1.01. The summed E-state index contributed by atoms with van der Waals surface area (Å²) in [5, 5.41) is 20.2. The van der Waals surface area contributed by atoms with Crippen molar-refractivity contribution in [3.63, 3.8) is 0 Å². The van der Waals surface area contributed by atoms with E-state index in [4.69, 9.17) is 0 Å². The molecule has 24 heavy (non-hydrogen) atoms. The Labute approximate surface area is 165 Å². The number of carboxylic acid groups (broad SMARTS) is 1. The van der Waals surface area contributed by atoms with Crippen LogP contribution in [0, 0.1) is 0 Å². The van der Waals surface area contributed by atoms with Gasteiger partial charge in [-0.05, 0) is 41.2 Å². The molecular formula is C16H15BrLiN3O2S. The zero-order valence-corrected chi connectivity index (χ0v) is 15.9. The molecule has 0 saturated carbocycles. The molecule has 0 unspecified atom stereocenters. The Morgan fingerprint density at radius 2 is 1.88 bits per heavy atom. The van der Waals surface area contributed by atoms with Gasteiger partial charge in [0.1, 0.15) is 4.75 Å². The SMILES string of the molecule is CC(C)(Sc1nnc(Br)n1-c1cccc2ccccc12)C(=O)O.[H-].[Li+]. The summed E-state index contributed by atoms with van der Waals surface area (Å²) in [6.45, 7) is 3.30. The molecule has 1 N–H and O–H groups in total. The van der Waals surface area contributed by atoms with Crippen molar-refractivity contribution >= 4 is 44.4 Å². The number of nitrogens with zero attached hydrogens (tertiary/aromatic N) is 3. The normalized spacial score (nSPS) is 11.3. The fourth-order valence-electron chi connectivity index (χ4n) is 2.20. The minimum Gasteiger partial charge on any atom is -1.00 e. The molecule has 0 amide bonds. The Bertz CT molecular complexity index is 899. The second kappa shape index (κ2) is 7.32. The molecule has 0 bridgehead atoms. The van der Waals surface area contributed by atoms with Gasteiger partial charge in [-0.3, -0.25) is 9.36 Å². The zero-order chi connectivity index (χ0) is 16.6. The second-order valence-corrected chi connectivity index (χ2v) is 7.80. The van der Waals surface area contributed by atoms with E-state index >= 15 is 0 Å². The molecule has 0 atom stereocenters. The summed E-state index contributed by atoms with van der Waals surface area (Å²) in [7, 11) is 0. The van der Waals surface area contributed by atoms with Gasteiger partial charge < -0.3 is 6.53 Å². The third kappa shape index (κ3) is 3.55. The van der Waals surface area contributed by atoms with Gasteiger partial charge in [0.05, 0.1) is 5.69 Å². The van der Waals surface area contributed by atoms with Crippen molar-refractivity contribution in [2.45, 2.75) is 23.8 Å². The molecular weight excluding hydrogens is 385 g/mol. The van der Waals surface area contributed by atoms with Gasteiger partial charge in [0.2, 0.25) is 4.73 Å². The molecule has 1 aromatic heterocycles. The van der Waals surface area contributed by atoms with E-state index in [-0.39, 0.29) is 20.3 Å². The minimum absolute atomic E-state index is 0. The Balaban J connectivity index is 0.00000156. The van der Waals surface area contributed by atoms with Gasteiger partial charge in [0.15, 0.2) is 5.16 Å². The summed E-state index contributed by atoms with van der Waals surface area (Å²) in [5.74, 6) is -0.897. The molecule has 0 fully saturated rings. The third-order valence-corrected chi connectivity index (χ3v) is 5.11. The van der Waals surface area contributed by atoms with Crippen LogP contribution >= 0.6 is 27.7 Å². The van der Waals surface area contributed by atoms with Crippen LogP contribution in [0.25, 0.3) is 16.5 Å². The maximum atomic E-state index is 11.4. The molecule has 3 aromatic rings. The van der Waals surface area contributed by atoms with E-state index in [0.717, 1.165) is 28.2 Å². The van der Waals surface area contributed by atoms with Gasteiger partial charge in [-0.15, -0.1) is 10.2 Å². The van der Waals surface area contributed by atoms with Crippen molar-refractivity contribution < 1.29 is 30.2 Å².